The molecule has 2 aliphatic heterocycles. The minimum Gasteiger partial charge on any atom is -0.311 e. The second-order valence-electron chi connectivity index (χ2n) is 11.0. The summed E-state index contributed by atoms with van der Waals surface area (Å²) >= 11 is 0. The summed E-state index contributed by atoms with van der Waals surface area (Å²) in [7, 11) is 0. The summed E-state index contributed by atoms with van der Waals surface area (Å²) < 4.78 is 0. The van der Waals surface area contributed by atoms with Crippen LogP contribution in [0.2, 0.25) is 0 Å². The fraction of sp³-hybridized carbons (Fsp3) is 1.00. The van der Waals surface area contributed by atoms with E-state index in [4.69, 9.17) is 0 Å². The Balaban J connectivity index is 1.92. The molecule has 0 spiro atoms. The van der Waals surface area contributed by atoms with E-state index < -0.39 is 0 Å². The van der Waals surface area contributed by atoms with Gasteiger partial charge >= 0.3 is 0 Å². The van der Waals surface area contributed by atoms with Gasteiger partial charge in [0.25, 0.3) is 0 Å². The van der Waals surface area contributed by atoms with Gasteiger partial charge in [-0.15, -0.1) is 0 Å². The minimum absolute atomic E-state index is 0.723. The molecule has 0 amide bonds. The van der Waals surface area contributed by atoms with Crippen molar-refractivity contribution in [3.8, 4) is 0 Å². The SMILES string of the molecule is CC(C)C1CC(CCC2CC(C(C)C)NC(C(C)C)C2)CC(C(C)C)N1. The van der Waals surface area contributed by atoms with Crippen molar-refractivity contribution in [2.24, 2.45) is 35.5 Å². The van der Waals surface area contributed by atoms with Gasteiger partial charge in [0, 0.05) is 24.2 Å². The third kappa shape index (κ3) is 6.23. The molecule has 4 unspecified atom stereocenters. The monoisotopic (exact) mass is 364 g/mol. The fourth-order valence-electron chi connectivity index (χ4n) is 5.25. The number of rotatable bonds is 7. The largest absolute Gasteiger partial charge is 0.311 e. The summed E-state index contributed by atoms with van der Waals surface area (Å²) in [6.45, 7) is 19.1. The van der Waals surface area contributed by atoms with E-state index in [0.717, 1.165) is 59.7 Å². The Bertz CT molecular complexity index is 331. The summed E-state index contributed by atoms with van der Waals surface area (Å²) in [6, 6.07) is 2.89. The highest BCUT2D eigenvalue weighted by atomic mass is 15.0. The lowest BCUT2D eigenvalue weighted by atomic mass is 9.74. The van der Waals surface area contributed by atoms with Gasteiger partial charge in [0.1, 0.15) is 0 Å². The van der Waals surface area contributed by atoms with Crippen molar-refractivity contribution in [3.63, 3.8) is 0 Å². The molecule has 2 saturated heterocycles. The molecule has 0 bridgehead atoms. The van der Waals surface area contributed by atoms with Crippen LogP contribution in [-0.4, -0.2) is 24.2 Å². The van der Waals surface area contributed by atoms with Crippen LogP contribution in [0.5, 0.6) is 0 Å². The van der Waals surface area contributed by atoms with Crippen LogP contribution in [0.1, 0.15) is 93.9 Å². The number of hydrogen-bond donors (Lipinski definition) is 2. The predicted octanol–water partition coefficient (Wildman–Crippen LogP) is 5.86. The Morgan fingerprint density at radius 2 is 0.731 bits per heavy atom. The van der Waals surface area contributed by atoms with E-state index in [2.05, 4.69) is 66.0 Å². The molecule has 0 aromatic carbocycles. The summed E-state index contributed by atoms with van der Waals surface area (Å²) in [5.74, 6) is 4.89. The van der Waals surface area contributed by atoms with Gasteiger partial charge in [-0.25, -0.2) is 0 Å². The first kappa shape index (κ1) is 22.2. The van der Waals surface area contributed by atoms with Crippen LogP contribution in [0.25, 0.3) is 0 Å². The molecule has 2 nitrogen and oxygen atoms in total. The van der Waals surface area contributed by atoms with Gasteiger partial charge in [0.15, 0.2) is 0 Å². The molecule has 0 radical (unpaired) electrons. The lowest BCUT2D eigenvalue weighted by Gasteiger charge is -2.42. The van der Waals surface area contributed by atoms with Crippen LogP contribution in [0.4, 0.5) is 0 Å². The lowest BCUT2D eigenvalue weighted by Crippen LogP contribution is -2.51. The van der Waals surface area contributed by atoms with Gasteiger partial charge in [-0.1, -0.05) is 68.2 Å². The first-order valence-electron chi connectivity index (χ1n) is 11.7. The van der Waals surface area contributed by atoms with Crippen molar-refractivity contribution in [2.75, 3.05) is 0 Å². The summed E-state index contributed by atoms with van der Waals surface area (Å²) in [6.07, 6.45) is 8.49. The maximum atomic E-state index is 3.95. The molecular weight excluding hydrogens is 316 g/mol. The predicted molar refractivity (Wildman–Crippen MR) is 115 cm³/mol. The van der Waals surface area contributed by atoms with Crippen LogP contribution in [-0.2, 0) is 0 Å². The van der Waals surface area contributed by atoms with Gasteiger partial charge in [-0.2, -0.15) is 0 Å². The Morgan fingerprint density at radius 3 is 0.923 bits per heavy atom. The van der Waals surface area contributed by atoms with Gasteiger partial charge in [0.2, 0.25) is 0 Å². The van der Waals surface area contributed by atoms with E-state index >= 15 is 0 Å². The van der Waals surface area contributed by atoms with Crippen molar-refractivity contribution >= 4 is 0 Å². The van der Waals surface area contributed by atoms with E-state index in [1.165, 1.54) is 38.5 Å². The van der Waals surface area contributed by atoms with Crippen LogP contribution < -0.4 is 10.6 Å². The third-order valence-electron chi connectivity index (χ3n) is 7.41. The molecule has 0 saturated carbocycles. The molecule has 0 aromatic heterocycles. The molecule has 0 aromatic rings. The fourth-order valence-corrected chi connectivity index (χ4v) is 5.25. The third-order valence-corrected chi connectivity index (χ3v) is 7.41. The molecule has 2 fully saturated rings. The summed E-state index contributed by atoms with van der Waals surface area (Å²) in [5, 5.41) is 7.91. The molecular formula is C24H48N2. The maximum absolute atomic E-state index is 3.95. The molecule has 2 heteroatoms. The summed E-state index contributed by atoms with van der Waals surface area (Å²) in [4.78, 5) is 0. The molecule has 4 atom stereocenters. The van der Waals surface area contributed by atoms with Gasteiger partial charge < -0.3 is 10.6 Å². The van der Waals surface area contributed by atoms with Crippen LogP contribution >= 0.6 is 0 Å². The Hall–Kier alpha value is -0.0800. The summed E-state index contributed by atoms with van der Waals surface area (Å²) in [5.41, 5.74) is 0. The molecule has 2 aliphatic rings. The first-order chi connectivity index (χ1) is 12.2. The average molecular weight is 365 g/mol. The molecule has 0 aliphatic carbocycles. The zero-order chi connectivity index (χ0) is 19.4. The highest BCUT2D eigenvalue weighted by Crippen LogP contribution is 2.35. The van der Waals surface area contributed by atoms with Crippen molar-refractivity contribution in [1.29, 1.82) is 0 Å². The zero-order valence-corrected chi connectivity index (χ0v) is 19.0. The molecule has 2 rings (SSSR count). The Morgan fingerprint density at radius 1 is 0.500 bits per heavy atom. The highest BCUT2D eigenvalue weighted by molar-refractivity contribution is 4.91. The van der Waals surface area contributed by atoms with Gasteiger partial charge in [0.05, 0.1) is 0 Å². The quantitative estimate of drug-likeness (QED) is 0.591. The average Bonchev–Trinajstić information content (AvgIpc) is 2.59. The van der Waals surface area contributed by atoms with Crippen molar-refractivity contribution in [3.05, 3.63) is 0 Å². The maximum Gasteiger partial charge on any atom is 0.00954 e. The topological polar surface area (TPSA) is 24.1 Å². The number of piperidine rings is 2. The molecule has 154 valence electrons. The minimum atomic E-state index is 0.723. The van der Waals surface area contributed by atoms with E-state index in [9.17, 15) is 0 Å². The number of hydrogen-bond acceptors (Lipinski definition) is 2. The normalized spacial score (nSPS) is 36.5. The van der Waals surface area contributed by atoms with Crippen molar-refractivity contribution in [1.82, 2.24) is 10.6 Å². The van der Waals surface area contributed by atoms with Crippen LogP contribution in [0, 0.1) is 35.5 Å². The van der Waals surface area contributed by atoms with E-state index in [1.54, 1.807) is 0 Å². The van der Waals surface area contributed by atoms with Crippen LogP contribution in [0.15, 0.2) is 0 Å². The Labute approximate surface area is 164 Å². The molecule has 26 heavy (non-hydrogen) atoms. The highest BCUT2D eigenvalue weighted by Gasteiger charge is 2.34. The second kappa shape index (κ2) is 9.92. The standard InChI is InChI=1S/C24H48N2/c1-15(2)21-11-19(12-22(25-21)16(3)4)9-10-20-13-23(17(5)6)26-24(14-20)18(7)8/h15-26H,9-14H2,1-8H3. The van der Waals surface area contributed by atoms with E-state index in [1.807, 2.05) is 0 Å². The van der Waals surface area contributed by atoms with Crippen molar-refractivity contribution < 1.29 is 0 Å². The van der Waals surface area contributed by atoms with Crippen molar-refractivity contribution in [2.45, 2.75) is 118 Å². The molecule has 2 N–H and O–H groups in total. The lowest BCUT2D eigenvalue weighted by molar-refractivity contribution is 0.139. The second-order valence-corrected chi connectivity index (χ2v) is 11.0. The first-order valence-corrected chi connectivity index (χ1v) is 11.7. The van der Waals surface area contributed by atoms with E-state index in [0.29, 0.717) is 0 Å². The number of nitrogens with one attached hydrogen (secondary N) is 2. The van der Waals surface area contributed by atoms with Gasteiger partial charge in [-0.05, 0) is 61.2 Å². The Kier molecular flexibility index (Phi) is 8.47. The van der Waals surface area contributed by atoms with Crippen LogP contribution in [0.3, 0.4) is 0 Å². The van der Waals surface area contributed by atoms with E-state index in [-0.39, 0.29) is 0 Å². The smallest absolute Gasteiger partial charge is 0.00954 e. The zero-order valence-electron chi connectivity index (χ0n) is 19.0. The van der Waals surface area contributed by atoms with Gasteiger partial charge in [-0.3, -0.25) is 0 Å². The molecule has 2 heterocycles.